The van der Waals surface area contributed by atoms with Gasteiger partial charge in [0.15, 0.2) is 0 Å². The maximum atomic E-state index is 14.3. The first-order chi connectivity index (χ1) is 10.9. The lowest BCUT2D eigenvalue weighted by atomic mass is 10.0. The average Bonchev–Trinajstić information content (AvgIpc) is 2.92. The highest BCUT2D eigenvalue weighted by atomic mass is 35.5. The van der Waals surface area contributed by atoms with Crippen molar-refractivity contribution in [1.29, 1.82) is 0 Å². The van der Waals surface area contributed by atoms with E-state index in [1.165, 1.54) is 18.5 Å². The molecule has 0 saturated carbocycles. The van der Waals surface area contributed by atoms with Crippen LogP contribution in [0, 0.1) is 18.7 Å². The first kappa shape index (κ1) is 17.2. The van der Waals surface area contributed by atoms with E-state index in [0.717, 1.165) is 5.69 Å². The van der Waals surface area contributed by atoms with Crippen LogP contribution in [0.5, 0.6) is 0 Å². The molecule has 1 heterocycles. The highest BCUT2D eigenvalue weighted by molar-refractivity contribution is 6.18. The van der Waals surface area contributed by atoms with Gasteiger partial charge in [-0.25, -0.2) is 14.2 Å². The lowest BCUT2D eigenvalue weighted by molar-refractivity contribution is -0.132. The Balaban J connectivity index is 2.31. The van der Waals surface area contributed by atoms with Crippen LogP contribution in [-0.2, 0) is 4.79 Å². The van der Waals surface area contributed by atoms with E-state index in [2.05, 4.69) is 4.98 Å². The highest BCUT2D eigenvalue weighted by Gasteiger charge is 2.13. The Hall–Kier alpha value is -2.14. The van der Waals surface area contributed by atoms with Gasteiger partial charge in [0.25, 0.3) is 0 Å². The number of carboxylic acids is 1. The Kier molecular flexibility index (Phi) is 5.55. The zero-order valence-corrected chi connectivity index (χ0v) is 13.7. The van der Waals surface area contributed by atoms with E-state index in [1.54, 1.807) is 22.9 Å². The molecule has 0 bridgehead atoms. The number of carbonyl (C=O) groups is 1. The van der Waals surface area contributed by atoms with E-state index >= 15 is 0 Å². The van der Waals surface area contributed by atoms with Crippen LogP contribution < -0.4 is 0 Å². The normalized spacial score (nSPS) is 13.1. The third-order valence-electron chi connectivity index (χ3n) is 3.41. The van der Waals surface area contributed by atoms with Crippen molar-refractivity contribution in [1.82, 2.24) is 9.55 Å². The van der Waals surface area contributed by atoms with Crippen molar-refractivity contribution in [2.75, 3.05) is 5.88 Å². The Bertz CT molecular complexity index is 740. The molecule has 0 amide bonds. The molecule has 0 aliphatic rings. The molecule has 2 aromatic rings. The van der Waals surface area contributed by atoms with Gasteiger partial charge in [0.2, 0.25) is 0 Å². The summed E-state index contributed by atoms with van der Waals surface area (Å²) >= 11 is 5.73. The summed E-state index contributed by atoms with van der Waals surface area (Å²) in [6.07, 6.45) is 5.08. The number of carboxylic acid groups (broad SMARTS) is 1. The number of benzene rings is 1. The minimum Gasteiger partial charge on any atom is -0.478 e. The topological polar surface area (TPSA) is 55.1 Å². The van der Waals surface area contributed by atoms with Crippen molar-refractivity contribution in [2.45, 2.75) is 20.3 Å². The zero-order valence-electron chi connectivity index (χ0n) is 13.0. The molecular formula is C17H18ClFN2O2. The average molecular weight is 337 g/mol. The summed E-state index contributed by atoms with van der Waals surface area (Å²) in [7, 11) is 0. The number of hydrogen-bond donors (Lipinski definition) is 1. The van der Waals surface area contributed by atoms with E-state index in [4.69, 9.17) is 11.6 Å². The fourth-order valence-corrected chi connectivity index (χ4v) is 2.32. The van der Waals surface area contributed by atoms with Gasteiger partial charge in [0, 0.05) is 17.6 Å². The standard InChI is InChI=1S/C17H18ClFN2O2/c1-11(8-18)5-14(17(22)23)6-13-3-4-16(15(19)7-13)21-9-12(2)20-10-21/h3-4,6-7,9-11H,5,8H2,1-2H3,(H,22,23). The first-order valence-corrected chi connectivity index (χ1v) is 7.74. The van der Waals surface area contributed by atoms with Gasteiger partial charge >= 0.3 is 5.97 Å². The smallest absolute Gasteiger partial charge is 0.331 e. The Labute approximate surface area is 139 Å². The van der Waals surface area contributed by atoms with Crippen molar-refractivity contribution >= 4 is 23.6 Å². The van der Waals surface area contributed by atoms with Gasteiger partial charge in [0.1, 0.15) is 5.82 Å². The molecule has 0 saturated heterocycles. The van der Waals surface area contributed by atoms with E-state index < -0.39 is 11.8 Å². The number of aromatic nitrogens is 2. The number of halogens is 2. The monoisotopic (exact) mass is 336 g/mol. The molecule has 1 unspecified atom stereocenters. The van der Waals surface area contributed by atoms with Crippen LogP contribution in [0.25, 0.3) is 11.8 Å². The third kappa shape index (κ3) is 4.42. The summed E-state index contributed by atoms with van der Waals surface area (Å²) in [6, 6.07) is 4.60. The molecule has 1 aromatic carbocycles. The van der Waals surface area contributed by atoms with Crippen molar-refractivity contribution in [3.05, 3.63) is 53.4 Å². The van der Waals surface area contributed by atoms with Gasteiger partial charge in [-0.3, -0.25) is 0 Å². The Morgan fingerprint density at radius 2 is 2.26 bits per heavy atom. The van der Waals surface area contributed by atoms with Crippen LogP contribution in [0.4, 0.5) is 4.39 Å². The lowest BCUT2D eigenvalue weighted by Gasteiger charge is -2.09. The summed E-state index contributed by atoms with van der Waals surface area (Å²) < 4.78 is 15.9. The van der Waals surface area contributed by atoms with E-state index in [-0.39, 0.29) is 11.5 Å². The van der Waals surface area contributed by atoms with Gasteiger partial charge in [-0.1, -0.05) is 13.0 Å². The lowest BCUT2D eigenvalue weighted by Crippen LogP contribution is -2.07. The van der Waals surface area contributed by atoms with Crippen molar-refractivity contribution in [2.24, 2.45) is 5.92 Å². The number of alkyl halides is 1. The van der Waals surface area contributed by atoms with Gasteiger partial charge in [-0.15, -0.1) is 11.6 Å². The van der Waals surface area contributed by atoms with Crippen LogP contribution in [0.3, 0.4) is 0 Å². The molecule has 1 aromatic heterocycles. The van der Waals surface area contributed by atoms with Crippen LogP contribution in [0.1, 0.15) is 24.6 Å². The van der Waals surface area contributed by atoms with E-state index in [0.29, 0.717) is 23.6 Å². The van der Waals surface area contributed by atoms with Gasteiger partial charge in [-0.05, 0) is 43.0 Å². The minimum atomic E-state index is -1.02. The van der Waals surface area contributed by atoms with Crippen LogP contribution in [0.15, 0.2) is 36.3 Å². The molecule has 0 fully saturated rings. The number of hydrogen-bond acceptors (Lipinski definition) is 2. The van der Waals surface area contributed by atoms with E-state index in [1.807, 2.05) is 13.8 Å². The molecule has 0 aliphatic carbocycles. The second kappa shape index (κ2) is 7.42. The second-order valence-corrected chi connectivity index (χ2v) is 5.88. The predicted octanol–water partition coefficient (Wildman–Crippen LogP) is 4.05. The second-order valence-electron chi connectivity index (χ2n) is 5.57. The van der Waals surface area contributed by atoms with Crippen molar-refractivity contribution < 1.29 is 14.3 Å². The first-order valence-electron chi connectivity index (χ1n) is 7.21. The fraction of sp³-hybridized carbons (Fsp3) is 0.294. The number of aryl methyl sites for hydroxylation is 1. The fourth-order valence-electron chi connectivity index (χ4n) is 2.21. The maximum Gasteiger partial charge on any atom is 0.331 e. The highest BCUT2D eigenvalue weighted by Crippen LogP contribution is 2.20. The largest absolute Gasteiger partial charge is 0.478 e. The number of aliphatic carboxylic acids is 1. The molecule has 4 nitrogen and oxygen atoms in total. The Morgan fingerprint density at radius 1 is 1.52 bits per heavy atom. The van der Waals surface area contributed by atoms with Crippen LogP contribution >= 0.6 is 11.6 Å². The summed E-state index contributed by atoms with van der Waals surface area (Å²) in [5.74, 6) is -1.04. The SMILES string of the molecule is Cc1cn(-c2ccc(C=C(CC(C)CCl)C(=O)O)cc2F)cn1. The molecule has 122 valence electrons. The predicted molar refractivity (Wildman–Crippen MR) is 88.4 cm³/mol. The maximum absolute atomic E-state index is 14.3. The molecule has 0 aliphatic heterocycles. The molecule has 2 rings (SSSR count). The quantitative estimate of drug-likeness (QED) is 0.639. The third-order valence-corrected chi connectivity index (χ3v) is 3.94. The number of imidazole rings is 1. The molecule has 0 spiro atoms. The summed E-state index contributed by atoms with van der Waals surface area (Å²) in [5.41, 5.74) is 1.87. The molecule has 23 heavy (non-hydrogen) atoms. The van der Waals surface area contributed by atoms with Gasteiger partial charge < -0.3 is 9.67 Å². The van der Waals surface area contributed by atoms with Gasteiger partial charge in [-0.2, -0.15) is 0 Å². The zero-order chi connectivity index (χ0) is 17.0. The number of rotatable bonds is 6. The van der Waals surface area contributed by atoms with Crippen molar-refractivity contribution in [3.8, 4) is 5.69 Å². The van der Waals surface area contributed by atoms with E-state index in [9.17, 15) is 14.3 Å². The Morgan fingerprint density at radius 3 is 2.78 bits per heavy atom. The molecule has 1 atom stereocenters. The van der Waals surface area contributed by atoms with Crippen LogP contribution in [0.2, 0.25) is 0 Å². The van der Waals surface area contributed by atoms with Crippen LogP contribution in [-0.4, -0.2) is 26.5 Å². The minimum absolute atomic E-state index is 0.0389. The molecular weight excluding hydrogens is 319 g/mol. The summed E-state index contributed by atoms with van der Waals surface area (Å²) in [6.45, 7) is 3.69. The summed E-state index contributed by atoms with van der Waals surface area (Å²) in [5, 5.41) is 9.27. The molecule has 0 radical (unpaired) electrons. The molecule has 1 N–H and O–H groups in total. The number of nitrogens with zero attached hydrogens (tertiary/aromatic N) is 2. The summed E-state index contributed by atoms with van der Waals surface area (Å²) in [4.78, 5) is 15.4. The van der Waals surface area contributed by atoms with Gasteiger partial charge in [0.05, 0.1) is 17.7 Å². The van der Waals surface area contributed by atoms with Crippen molar-refractivity contribution in [3.63, 3.8) is 0 Å². The molecule has 6 heteroatoms.